The van der Waals surface area contributed by atoms with Crippen molar-refractivity contribution in [3.05, 3.63) is 41.0 Å². The highest BCUT2D eigenvalue weighted by atomic mass is 32.2. The Labute approximate surface area is 123 Å². The van der Waals surface area contributed by atoms with Crippen molar-refractivity contribution in [2.24, 2.45) is 0 Å². The van der Waals surface area contributed by atoms with Gasteiger partial charge in [0.05, 0.1) is 5.37 Å². The fourth-order valence-corrected chi connectivity index (χ4v) is 4.12. The summed E-state index contributed by atoms with van der Waals surface area (Å²) in [6.45, 7) is 4.52. The number of rotatable bonds is 2. The first-order valence-corrected chi connectivity index (χ1v) is 7.94. The minimum absolute atomic E-state index is 0.0832. The summed E-state index contributed by atoms with van der Waals surface area (Å²) >= 11 is 1.67. The first kappa shape index (κ1) is 13.7. The standard InChI is InChI=1S/C16H19NO2S/c1-16(2)7-3-4-10-8-11(5-6-12(10)16)14-17-13(9-20-14)15(18)19/h3-6,8,13-14,17H,7,9H2,1-2H3,(H,18,19). The number of allylic oxidation sites excluding steroid dienone is 1. The summed E-state index contributed by atoms with van der Waals surface area (Å²) in [6.07, 6.45) is 5.47. The highest BCUT2D eigenvalue weighted by molar-refractivity contribution is 7.99. The van der Waals surface area contributed by atoms with Gasteiger partial charge < -0.3 is 5.11 Å². The summed E-state index contributed by atoms with van der Waals surface area (Å²) in [7, 11) is 0. The predicted octanol–water partition coefficient (Wildman–Crippen LogP) is 3.17. The molecule has 2 unspecified atom stereocenters. The Morgan fingerprint density at radius 1 is 1.45 bits per heavy atom. The van der Waals surface area contributed by atoms with E-state index in [1.807, 2.05) is 0 Å². The van der Waals surface area contributed by atoms with E-state index in [9.17, 15) is 4.79 Å². The van der Waals surface area contributed by atoms with Crippen molar-refractivity contribution < 1.29 is 9.90 Å². The van der Waals surface area contributed by atoms with E-state index < -0.39 is 12.0 Å². The van der Waals surface area contributed by atoms with Crippen molar-refractivity contribution in [2.75, 3.05) is 5.75 Å². The zero-order valence-electron chi connectivity index (χ0n) is 11.7. The molecule has 0 spiro atoms. The largest absolute Gasteiger partial charge is 0.480 e. The number of nitrogens with one attached hydrogen (secondary N) is 1. The normalized spacial score (nSPS) is 27.3. The predicted molar refractivity (Wildman–Crippen MR) is 82.9 cm³/mol. The van der Waals surface area contributed by atoms with Gasteiger partial charge in [-0.1, -0.05) is 38.1 Å². The Morgan fingerprint density at radius 3 is 2.95 bits per heavy atom. The minimum Gasteiger partial charge on any atom is -0.480 e. The fraction of sp³-hybridized carbons (Fsp3) is 0.438. The van der Waals surface area contributed by atoms with Gasteiger partial charge in [0.25, 0.3) is 0 Å². The van der Waals surface area contributed by atoms with Crippen LogP contribution in [0.5, 0.6) is 0 Å². The lowest BCUT2D eigenvalue weighted by Crippen LogP contribution is -2.33. The van der Waals surface area contributed by atoms with Crippen molar-refractivity contribution in [2.45, 2.75) is 37.1 Å². The van der Waals surface area contributed by atoms with E-state index in [0.717, 1.165) is 6.42 Å². The second kappa shape index (κ2) is 4.93. The topological polar surface area (TPSA) is 49.3 Å². The highest BCUT2D eigenvalue weighted by Crippen LogP contribution is 2.39. The summed E-state index contributed by atoms with van der Waals surface area (Å²) in [5.74, 6) is -0.141. The molecule has 2 atom stereocenters. The maximum atomic E-state index is 11.0. The van der Waals surface area contributed by atoms with E-state index in [-0.39, 0.29) is 10.8 Å². The van der Waals surface area contributed by atoms with Crippen LogP contribution >= 0.6 is 11.8 Å². The van der Waals surface area contributed by atoms with Gasteiger partial charge >= 0.3 is 5.97 Å². The molecule has 1 fully saturated rings. The van der Waals surface area contributed by atoms with E-state index in [1.54, 1.807) is 11.8 Å². The summed E-state index contributed by atoms with van der Waals surface area (Å²) in [4.78, 5) is 11.0. The third-order valence-corrected chi connectivity index (χ3v) is 5.38. The van der Waals surface area contributed by atoms with Crippen molar-refractivity contribution in [3.63, 3.8) is 0 Å². The van der Waals surface area contributed by atoms with Crippen LogP contribution in [0.25, 0.3) is 6.08 Å². The Kier molecular flexibility index (Phi) is 3.38. The first-order chi connectivity index (χ1) is 9.47. The Bertz CT molecular complexity index is 580. The molecule has 20 heavy (non-hydrogen) atoms. The van der Waals surface area contributed by atoms with Crippen LogP contribution in [-0.2, 0) is 10.2 Å². The van der Waals surface area contributed by atoms with Crippen LogP contribution in [0.4, 0.5) is 0 Å². The first-order valence-electron chi connectivity index (χ1n) is 6.89. The SMILES string of the molecule is CC1(C)CC=Cc2cc(C3NC(C(=O)O)CS3)ccc21. The molecule has 1 aromatic rings. The van der Waals surface area contributed by atoms with Gasteiger partial charge in [0.1, 0.15) is 6.04 Å². The van der Waals surface area contributed by atoms with Crippen molar-refractivity contribution >= 4 is 23.8 Å². The van der Waals surface area contributed by atoms with Gasteiger partial charge in [-0.25, -0.2) is 0 Å². The molecule has 0 amide bonds. The van der Waals surface area contributed by atoms with Crippen LogP contribution < -0.4 is 5.32 Å². The van der Waals surface area contributed by atoms with E-state index in [2.05, 4.69) is 49.5 Å². The van der Waals surface area contributed by atoms with Gasteiger partial charge in [-0.3, -0.25) is 10.1 Å². The number of hydrogen-bond acceptors (Lipinski definition) is 3. The minimum atomic E-state index is -0.765. The van der Waals surface area contributed by atoms with Gasteiger partial charge in [0.15, 0.2) is 0 Å². The summed E-state index contributed by atoms with van der Waals surface area (Å²) < 4.78 is 0. The summed E-state index contributed by atoms with van der Waals surface area (Å²) in [6, 6.07) is 6.09. The highest BCUT2D eigenvalue weighted by Gasteiger charge is 2.31. The lowest BCUT2D eigenvalue weighted by molar-refractivity contribution is -0.138. The molecule has 1 aliphatic carbocycles. The number of thioether (sulfide) groups is 1. The number of hydrogen-bond donors (Lipinski definition) is 2. The van der Waals surface area contributed by atoms with Crippen molar-refractivity contribution in [3.8, 4) is 0 Å². The van der Waals surface area contributed by atoms with Gasteiger partial charge in [0.2, 0.25) is 0 Å². The molecule has 1 aliphatic heterocycles. The monoisotopic (exact) mass is 289 g/mol. The van der Waals surface area contributed by atoms with Gasteiger partial charge in [-0.05, 0) is 34.6 Å². The molecule has 0 aromatic heterocycles. The number of benzene rings is 1. The number of carboxylic acid groups (broad SMARTS) is 1. The maximum absolute atomic E-state index is 11.0. The number of carboxylic acids is 1. The molecular formula is C16H19NO2S. The van der Waals surface area contributed by atoms with Crippen molar-refractivity contribution in [1.82, 2.24) is 5.32 Å². The molecule has 1 aromatic carbocycles. The van der Waals surface area contributed by atoms with E-state index in [1.165, 1.54) is 16.7 Å². The van der Waals surface area contributed by atoms with Crippen LogP contribution in [0, 0.1) is 0 Å². The molecule has 106 valence electrons. The lowest BCUT2D eigenvalue weighted by Gasteiger charge is -2.29. The summed E-state index contributed by atoms with van der Waals surface area (Å²) in [5.41, 5.74) is 3.99. The third-order valence-electron chi connectivity index (χ3n) is 4.11. The molecule has 2 aliphatic rings. The molecule has 0 saturated carbocycles. The molecule has 1 heterocycles. The molecule has 2 N–H and O–H groups in total. The quantitative estimate of drug-likeness (QED) is 0.878. The number of aliphatic carboxylic acids is 1. The van der Waals surface area contributed by atoms with Crippen molar-refractivity contribution in [1.29, 1.82) is 0 Å². The maximum Gasteiger partial charge on any atom is 0.321 e. The molecular weight excluding hydrogens is 270 g/mol. The Balaban J connectivity index is 1.87. The second-order valence-electron chi connectivity index (χ2n) is 6.11. The molecule has 0 bridgehead atoms. The number of carbonyl (C=O) groups is 1. The average molecular weight is 289 g/mol. The molecule has 3 rings (SSSR count). The molecule has 3 nitrogen and oxygen atoms in total. The average Bonchev–Trinajstić information content (AvgIpc) is 2.87. The van der Waals surface area contributed by atoms with E-state index >= 15 is 0 Å². The third kappa shape index (κ3) is 2.38. The Morgan fingerprint density at radius 2 is 2.25 bits per heavy atom. The second-order valence-corrected chi connectivity index (χ2v) is 7.25. The molecule has 0 radical (unpaired) electrons. The van der Waals surface area contributed by atoms with Crippen LogP contribution in [0.1, 0.15) is 42.3 Å². The fourth-order valence-electron chi connectivity index (χ4n) is 2.90. The van der Waals surface area contributed by atoms with E-state index in [0.29, 0.717) is 5.75 Å². The van der Waals surface area contributed by atoms with Crippen LogP contribution in [-0.4, -0.2) is 22.9 Å². The zero-order valence-corrected chi connectivity index (χ0v) is 12.5. The van der Waals surface area contributed by atoms with E-state index in [4.69, 9.17) is 5.11 Å². The number of fused-ring (bicyclic) bond motifs is 1. The van der Waals surface area contributed by atoms with Gasteiger partial charge in [-0.15, -0.1) is 11.8 Å². The smallest absolute Gasteiger partial charge is 0.321 e. The lowest BCUT2D eigenvalue weighted by atomic mass is 9.75. The zero-order chi connectivity index (χ0) is 14.3. The molecule has 4 heteroatoms. The van der Waals surface area contributed by atoms with Gasteiger partial charge in [0, 0.05) is 5.75 Å². The van der Waals surface area contributed by atoms with Gasteiger partial charge in [-0.2, -0.15) is 0 Å². The van der Waals surface area contributed by atoms with Crippen LogP contribution in [0.2, 0.25) is 0 Å². The Hall–Kier alpha value is -1.26. The van der Waals surface area contributed by atoms with Crippen LogP contribution in [0.15, 0.2) is 24.3 Å². The summed E-state index contributed by atoms with van der Waals surface area (Å²) in [5, 5.41) is 12.3. The molecule has 1 saturated heterocycles. The van der Waals surface area contributed by atoms with Crippen LogP contribution in [0.3, 0.4) is 0 Å².